The lowest BCUT2D eigenvalue weighted by Gasteiger charge is -2.29. The highest BCUT2D eigenvalue weighted by atomic mass is 32.2. The van der Waals surface area contributed by atoms with Gasteiger partial charge in [0.1, 0.15) is 5.75 Å². The van der Waals surface area contributed by atoms with E-state index < -0.39 is 6.17 Å². The van der Waals surface area contributed by atoms with Crippen LogP contribution in [-0.4, -0.2) is 28.9 Å². The summed E-state index contributed by atoms with van der Waals surface area (Å²) in [6.45, 7) is 3.51. The minimum Gasteiger partial charge on any atom is -0.497 e. The highest BCUT2D eigenvalue weighted by molar-refractivity contribution is 7.99. The number of nitrogens with zero attached hydrogens (tertiary/aromatic N) is 3. The van der Waals surface area contributed by atoms with Crippen LogP contribution in [0.1, 0.15) is 25.6 Å². The molecule has 0 radical (unpaired) electrons. The molecule has 7 nitrogen and oxygen atoms in total. The Hall–Kier alpha value is -3.39. The Morgan fingerprint density at radius 3 is 2.68 bits per heavy atom. The van der Waals surface area contributed by atoms with Crippen LogP contribution in [0.3, 0.4) is 0 Å². The Labute approximate surface area is 184 Å². The Bertz CT molecular complexity index is 1200. The van der Waals surface area contributed by atoms with Crippen molar-refractivity contribution in [1.29, 1.82) is 0 Å². The molecule has 1 aromatic heterocycles. The lowest BCUT2D eigenvalue weighted by Crippen LogP contribution is -2.59. The van der Waals surface area contributed by atoms with Gasteiger partial charge in [0, 0.05) is 18.1 Å². The number of benzene rings is 2. The van der Waals surface area contributed by atoms with E-state index in [1.54, 1.807) is 16.7 Å². The summed E-state index contributed by atoms with van der Waals surface area (Å²) in [4.78, 5) is 30.3. The molecule has 0 saturated heterocycles. The van der Waals surface area contributed by atoms with Gasteiger partial charge in [-0.15, -0.1) is 0 Å². The lowest BCUT2D eigenvalue weighted by atomic mass is 10.0. The molecule has 31 heavy (non-hydrogen) atoms. The number of H-pyrrole nitrogens is 1. The van der Waals surface area contributed by atoms with Crippen LogP contribution in [0, 0.1) is 0 Å². The van der Waals surface area contributed by atoms with Crippen molar-refractivity contribution in [1.82, 2.24) is 10.1 Å². The van der Waals surface area contributed by atoms with Gasteiger partial charge in [0.05, 0.1) is 18.4 Å². The van der Waals surface area contributed by atoms with Gasteiger partial charge < -0.3 is 4.74 Å². The molecule has 3 aromatic rings. The maximum Gasteiger partial charge on any atom is 0.325 e. The molecule has 2 aromatic carbocycles. The number of nitrogens with one attached hydrogen (secondary N) is 1. The molecular weight excluding hydrogens is 412 g/mol. The highest BCUT2D eigenvalue weighted by Crippen LogP contribution is 2.35. The van der Waals surface area contributed by atoms with Gasteiger partial charge in [-0.25, -0.2) is 4.90 Å². The van der Waals surface area contributed by atoms with E-state index in [2.05, 4.69) is 10.1 Å². The summed E-state index contributed by atoms with van der Waals surface area (Å²) < 4.78 is 6.85. The average Bonchev–Trinajstić information content (AvgIpc) is 2.77. The predicted molar refractivity (Wildman–Crippen MR) is 121 cm³/mol. The third kappa shape index (κ3) is 3.98. The number of hydrogen-bond acceptors (Lipinski definition) is 5. The molecule has 1 N–H and O–H groups in total. The monoisotopic (exact) mass is 435 g/mol. The number of fused-ring (bicyclic) bond motifs is 3. The van der Waals surface area contributed by atoms with Crippen LogP contribution >= 0.6 is 11.8 Å². The fourth-order valence-electron chi connectivity index (χ4n) is 3.64. The Morgan fingerprint density at radius 2 is 2.00 bits per heavy atom. The van der Waals surface area contributed by atoms with Crippen LogP contribution in [-0.2, 0) is 4.79 Å². The van der Waals surface area contributed by atoms with Gasteiger partial charge in [-0.1, -0.05) is 49.0 Å². The third-order valence-corrected chi connectivity index (χ3v) is 5.74. The maximum absolute atomic E-state index is 13.0. The summed E-state index contributed by atoms with van der Waals surface area (Å²) in [7, 11) is 1.62. The van der Waals surface area contributed by atoms with Crippen LogP contribution in [0.4, 0.5) is 5.69 Å². The van der Waals surface area contributed by atoms with Crippen LogP contribution in [0.2, 0.25) is 0 Å². The Morgan fingerprint density at radius 1 is 1.26 bits per heavy atom. The largest absolute Gasteiger partial charge is 0.497 e. The van der Waals surface area contributed by atoms with Gasteiger partial charge in [-0.2, -0.15) is 0 Å². The number of carbonyl (C=O) groups excluding carboxylic acids is 1. The first kappa shape index (κ1) is 20.9. The molecular formula is C23H23N4O3S+. The minimum atomic E-state index is -0.581. The fraction of sp³-hybridized carbons (Fsp3) is 0.217. The molecule has 0 saturated carbocycles. The molecule has 1 atom stereocenters. The maximum atomic E-state index is 13.0. The van der Waals surface area contributed by atoms with Gasteiger partial charge in [0.15, 0.2) is 0 Å². The van der Waals surface area contributed by atoms with E-state index >= 15 is 0 Å². The highest BCUT2D eigenvalue weighted by Gasteiger charge is 2.42. The number of aromatic nitrogens is 3. The summed E-state index contributed by atoms with van der Waals surface area (Å²) in [5.74, 6) is 1.40. The number of amides is 1. The Kier molecular flexibility index (Phi) is 5.90. The zero-order valence-corrected chi connectivity index (χ0v) is 18.3. The van der Waals surface area contributed by atoms with E-state index in [1.807, 2.05) is 67.6 Å². The molecule has 158 valence electrons. The quantitative estimate of drug-likeness (QED) is 0.491. The first-order valence-electron chi connectivity index (χ1n) is 9.94. The number of hydrogen-bond donors (Lipinski definition) is 1. The zero-order chi connectivity index (χ0) is 22.0. The molecule has 0 aliphatic carbocycles. The van der Waals surface area contributed by atoms with E-state index in [0.29, 0.717) is 22.1 Å². The summed E-state index contributed by atoms with van der Waals surface area (Å²) in [6.07, 6.45) is 3.22. The van der Waals surface area contributed by atoms with Crippen molar-refractivity contribution in [3.8, 4) is 17.0 Å². The first-order valence-corrected chi connectivity index (χ1v) is 10.9. The van der Waals surface area contributed by atoms with E-state index in [1.165, 1.54) is 18.7 Å². The molecule has 0 spiro atoms. The summed E-state index contributed by atoms with van der Waals surface area (Å²) in [5, 5.41) is 5.19. The molecule has 1 amide bonds. The van der Waals surface area contributed by atoms with Gasteiger partial charge >= 0.3 is 11.3 Å². The first-order chi connectivity index (χ1) is 15.0. The van der Waals surface area contributed by atoms with Gasteiger partial charge in [-0.05, 0) is 40.3 Å². The van der Waals surface area contributed by atoms with Crippen molar-refractivity contribution in [3.63, 3.8) is 0 Å². The molecule has 0 bridgehead atoms. The molecule has 2 heterocycles. The number of ether oxygens (including phenoxy) is 1. The number of methoxy groups -OCH3 is 1. The van der Waals surface area contributed by atoms with Crippen LogP contribution in [0.25, 0.3) is 17.3 Å². The molecule has 1 aliphatic heterocycles. The van der Waals surface area contributed by atoms with Crippen molar-refractivity contribution < 1.29 is 14.2 Å². The summed E-state index contributed by atoms with van der Waals surface area (Å²) >= 11 is 1.44. The number of rotatable bonds is 5. The molecule has 0 fully saturated rings. The predicted octanol–water partition coefficient (Wildman–Crippen LogP) is 3.42. The molecule has 0 unspecified atom stereocenters. The van der Waals surface area contributed by atoms with Crippen molar-refractivity contribution in [2.75, 3.05) is 17.8 Å². The van der Waals surface area contributed by atoms with Crippen molar-refractivity contribution in [2.45, 2.75) is 25.2 Å². The second kappa shape index (κ2) is 8.77. The van der Waals surface area contributed by atoms with E-state index in [-0.39, 0.29) is 11.5 Å². The normalized spacial score (nSPS) is 14.9. The second-order valence-corrected chi connectivity index (χ2v) is 8.19. The van der Waals surface area contributed by atoms with Gasteiger partial charge in [0.2, 0.25) is 11.1 Å². The number of anilines is 1. The topological polar surface area (TPSA) is 79.2 Å². The van der Waals surface area contributed by atoms with Crippen LogP contribution in [0.15, 0.2) is 64.6 Å². The van der Waals surface area contributed by atoms with Crippen molar-refractivity contribution in [3.05, 3.63) is 70.5 Å². The van der Waals surface area contributed by atoms with Crippen LogP contribution in [0.5, 0.6) is 5.75 Å². The van der Waals surface area contributed by atoms with Crippen molar-refractivity contribution >= 4 is 29.4 Å². The molecule has 1 aliphatic rings. The van der Waals surface area contributed by atoms with Crippen molar-refractivity contribution in [2.24, 2.45) is 0 Å². The number of thioether (sulfide) groups is 1. The Balaban J connectivity index is 1.89. The third-order valence-electron chi connectivity index (χ3n) is 4.99. The minimum absolute atomic E-state index is 0.137. The van der Waals surface area contributed by atoms with Gasteiger partial charge in [0.25, 0.3) is 6.17 Å². The average molecular weight is 436 g/mol. The zero-order valence-electron chi connectivity index (χ0n) is 17.5. The fourth-order valence-corrected chi connectivity index (χ4v) is 4.23. The smallest absolute Gasteiger partial charge is 0.325 e. The SMILES string of the molecule is CCSc1n[n+]2c(c(=O)[nH]1)-c1ccccc1N(C(C)=O)[C@H]2/C=C/c1ccc(OC)cc1. The molecule has 8 heteroatoms. The standard InChI is InChI=1S/C23H22N4O3S/c1-4-31-23-24-22(29)21-18-7-5-6-8-19(18)26(15(2)28)20(27(21)25-23)14-11-16-9-12-17(30-3)13-10-16/h5-14,20H,4H2,1-3H3/p+1/b14-11+/t20-/m1/s1. The summed E-state index contributed by atoms with van der Waals surface area (Å²) in [5.41, 5.74) is 2.50. The number of para-hydroxylation sites is 1. The van der Waals surface area contributed by atoms with E-state index in [0.717, 1.165) is 17.1 Å². The van der Waals surface area contributed by atoms with Gasteiger partial charge in [-0.3, -0.25) is 14.6 Å². The van der Waals surface area contributed by atoms with Crippen LogP contribution < -0.4 is 19.9 Å². The molecule has 4 rings (SSSR count). The second-order valence-electron chi connectivity index (χ2n) is 6.94. The van der Waals surface area contributed by atoms with E-state index in [9.17, 15) is 9.59 Å². The summed E-state index contributed by atoms with van der Waals surface area (Å²) in [6, 6.07) is 15.0. The number of carbonyl (C=O) groups is 1. The van der Waals surface area contributed by atoms with E-state index in [4.69, 9.17) is 4.74 Å². The number of aromatic amines is 1. The lowest BCUT2D eigenvalue weighted by molar-refractivity contribution is -0.761.